The quantitative estimate of drug-likeness (QED) is 0.443. The third-order valence-corrected chi connectivity index (χ3v) is 4.08. The van der Waals surface area contributed by atoms with Crippen molar-refractivity contribution in [1.82, 2.24) is 0 Å². The molecule has 0 atom stereocenters. The van der Waals surface area contributed by atoms with E-state index in [-0.39, 0.29) is 5.78 Å². The molecule has 3 nitrogen and oxygen atoms in total. The summed E-state index contributed by atoms with van der Waals surface area (Å²) < 4.78 is 6.24. The van der Waals surface area contributed by atoms with E-state index >= 15 is 0 Å². The topological polar surface area (TPSA) is 43.4 Å². The molecule has 0 saturated heterocycles. The molecule has 114 valence electrons. The molecule has 0 aliphatic heterocycles. The van der Waals surface area contributed by atoms with Crippen molar-refractivity contribution in [3.05, 3.63) is 63.1 Å². The highest BCUT2D eigenvalue weighted by molar-refractivity contribution is 9.10. The van der Waals surface area contributed by atoms with Crippen molar-refractivity contribution in [1.29, 1.82) is 0 Å². The molecule has 0 aromatic heterocycles. The first-order valence-electron chi connectivity index (χ1n) is 7.05. The summed E-state index contributed by atoms with van der Waals surface area (Å²) in [6.45, 7) is 5.60. The highest BCUT2D eigenvalue weighted by Gasteiger charge is 2.17. The largest absolute Gasteiger partial charge is 0.422 e. The van der Waals surface area contributed by atoms with Gasteiger partial charge in [0.05, 0.1) is 11.1 Å². The smallest absolute Gasteiger partial charge is 0.343 e. The zero-order valence-electron chi connectivity index (χ0n) is 12.8. The van der Waals surface area contributed by atoms with Crippen LogP contribution >= 0.6 is 15.9 Å². The molecular formula is C18H17BrO3. The fourth-order valence-corrected chi connectivity index (χ4v) is 2.49. The molecule has 0 aliphatic carbocycles. The lowest BCUT2D eigenvalue weighted by Crippen LogP contribution is -2.13. The van der Waals surface area contributed by atoms with Crippen molar-refractivity contribution in [2.45, 2.75) is 27.2 Å². The molecule has 0 bridgehead atoms. The second-order valence-corrected chi connectivity index (χ2v) is 5.97. The van der Waals surface area contributed by atoms with Gasteiger partial charge in [0.2, 0.25) is 0 Å². The van der Waals surface area contributed by atoms with Gasteiger partial charge in [-0.15, -0.1) is 0 Å². The van der Waals surface area contributed by atoms with Crippen LogP contribution in [0.15, 0.2) is 40.9 Å². The van der Waals surface area contributed by atoms with Gasteiger partial charge in [0.1, 0.15) is 5.75 Å². The van der Waals surface area contributed by atoms with E-state index in [0.717, 1.165) is 15.6 Å². The van der Waals surface area contributed by atoms with E-state index in [0.29, 0.717) is 23.3 Å². The van der Waals surface area contributed by atoms with Crippen LogP contribution in [0.4, 0.5) is 0 Å². The molecule has 0 heterocycles. The van der Waals surface area contributed by atoms with Crippen molar-refractivity contribution in [2.24, 2.45) is 0 Å². The van der Waals surface area contributed by atoms with Crippen LogP contribution in [0.25, 0.3) is 0 Å². The Morgan fingerprint density at radius 1 is 1.09 bits per heavy atom. The number of rotatable bonds is 4. The minimum atomic E-state index is -0.450. The fraction of sp³-hybridized carbons (Fsp3) is 0.222. The number of ether oxygens (including phenoxy) is 1. The molecule has 0 radical (unpaired) electrons. The summed E-state index contributed by atoms with van der Waals surface area (Å²) in [5.41, 5.74) is 2.83. The van der Waals surface area contributed by atoms with Gasteiger partial charge in [-0.3, -0.25) is 4.79 Å². The lowest BCUT2D eigenvalue weighted by atomic mass is 10.0. The summed E-state index contributed by atoms with van der Waals surface area (Å²) in [6.07, 6.45) is 0.352. The van der Waals surface area contributed by atoms with E-state index in [1.807, 2.05) is 26.0 Å². The zero-order valence-corrected chi connectivity index (χ0v) is 14.4. The van der Waals surface area contributed by atoms with Gasteiger partial charge in [-0.05, 0) is 49.2 Å². The Hall–Kier alpha value is -1.94. The maximum Gasteiger partial charge on any atom is 0.343 e. The molecule has 0 N–H and O–H groups in total. The Morgan fingerprint density at radius 3 is 2.50 bits per heavy atom. The van der Waals surface area contributed by atoms with Crippen LogP contribution in [0.1, 0.15) is 45.2 Å². The normalized spacial score (nSPS) is 10.4. The number of carbonyl (C=O) groups is 2. The van der Waals surface area contributed by atoms with Gasteiger partial charge in [-0.25, -0.2) is 4.79 Å². The standard InChI is InChI=1S/C18H17BrO3/c1-4-16(20)15-10-13(19)8-9-17(15)22-18(21)14-7-5-6-11(2)12(14)3/h5-10H,4H2,1-3H3. The minimum Gasteiger partial charge on any atom is -0.422 e. The van der Waals surface area contributed by atoms with Crippen molar-refractivity contribution >= 4 is 27.7 Å². The molecule has 2 aromatic carbocycles. The van der Waals surface area contributed by atoms with E-state index in [1.165, 1.54) is 0 Å². The van der Waals surface area contributed by atoms with Crippen LogP contribution in [0.5, 0.6) is 5.75 Å². The highest BCUT2D eigenvalue weighted by Crippen LogP contribution is 2.26. The number of Topliss-reactive ketones (excluding diaryl/α,β-unsaturated/α-hetero) is 1. The Morgan fingerprint density at radius 2 is 1.82 bits per heavy atom. The number of carbonyl (C=O) groups excluding carboxylic acids is 2. The predicted octanol–water partition coefficient (Wildman–Crippen LogP) is 4.88. The van der Waals surface area contributed by atoms with E-state index in [2.05, 4.69) is 15.9 Å². The van der Waals surface area contributed by atoms with Gasteiger partial charge in [0.25, 0.3) is 0 Å². The van der Waals surface area contributed by atoms with Gasteiger partial charge < -0.3 is 4.74 Å². The highest BCUT2D eigenvalue weighted by atomic mass is 79.9. The molecule has 0 fully saturated rings. The number of hydrogen-bond acceptors (Lipinski definition) is 3. The molecule has 0 unspecified atom stereocenters. The zero-order chi connectivity index (χ0) is 16.3. The molecular weight excluding hydrogens is 344 g/mol. The van der Waals surface area contributed by atoms with Gasteiger partial charge in [0.15, 0.2) is 5.78 Å². The van der Waals surface area contributed by atoms with E-state index < -0.39 is 5.97 Å². The van der Waals surface area contributed by atoms with Crippen molar-refractivity contribution in [3.63, 3.8) is 0 Å². The number of benzene rings is 2. The van der Waals surface area contributed by atoms with Crippen molar-refractivity contribution in [3.8, 4) is 5.75 Å². The summed E-state index contributed by atoms with van der Waals surface area (Å²) in [6, 6.07) is 10.5. The van der Waals surface area contributed by atoms with Gasteiger partial charge in [0, 0.05) is 10.9 Å². The minimum absolute atomic E-state index is 0.0648. The number of halogens is 1. The summed E-state index contributed by atoms with van der Waals surface area (Å²) in [5, 5.41) is 0. The average molecular weight is 361 g/mol. The van der Waals surface area contributed by atoms with Crippen LogP contribution in [-0.4, -0.2) is 11.8 Å². The predicted molar refractivity (Wildman–Crippen MR) is 89.6 cm³/mol. The Bertz CT molecular complexity index is 735. The van der Waals surface area contributed by atoms with Crippen LogP contribution in [0.2, 0.25) is 0 Å². The average Bonchev–Trinajstić information content (AvgIpc) is 2.50. The lowest BCUT2D eigenvalue weighted by molar-refractivity contribution is 0.0731. The van der Waals surface area contributed by atoms with Crippen LogP contribution in [0, 0.1) is 13.8 Å². The Kier molecular flexibility index (Phi) is 5.14. The summed E-state index contributed by atoms with van der Waals surface area (Å²) in [4.78, 5) is 24.4. The molecule has 2 aromatic rings. The van der Waals surface area contributed by atoms with Crippen LogP contribution < -0.4 is 4.74 Å². The first-order valence-corrected chi connectivity index (χ1v) is 7.84. The second kappa shape index (κ2) is 6.88. The van der Waals surface area contributed by atoms with E-state index in [1.54, 1.807) is 31.2 Å². The summed E-state index contributed by atoms with van der Waals surface area (Å²) >= 11 is 3.33. The lowest BCUT2D eigenvalue weighted by Gasteiger charge is -2.11. The van der Waals surface area contributed by atoms with Gasteiger partial charge in [-0.2, -0.15) is 0 Å². The first-order chi connectivity index (χ1) is 10.4. The molecule has 0 saturated carbocycles. The fourth-order valence-electron chi connectivity index (χ4n) is 2.13. The first kappa shape index (κ1) is 16.4. The third kappa shape index (κ3) is 3.45. The van der Waals surface area contributed by atoms with Crippen LogP contribution in [0.3, 0.4) is 0 Å². The third-order valence-electron chi connectivity index (χ3n) is 3.59. The SMILES string of the molecule is CCC(=O)c1cc(Br)ccc1OC(=O)c1cccc(C)c1C. The molecule has 4 heteroatoms. The maximum atomic E-state index is 12.4. The number of ketones is 1. The van der Waals surface area contributed by atoms with E-state index in [4.69, 9.17) is 4.74 Å². The number of esters is 1. The molecule has 0 amide bonds. The molecule has 0 spiro atoms. The molecule has 2 rings (SSSR count). The molecule has 0 aliphatic rings. The van der Waals surface area contributed by atoms with Crippen LogP contribution in [-0.2, 0) is 0 Å². The summed E-state index contributed by atoms with van der Waals surface area (Å²) in [7, 11) is 0. The molecule has 22 heavy (non-hydrogen) atoms. The van der Waals surface area contributed by atoms with Gasteiger partial charge in [-0.1, -0.05) is 35.0 Å². The maximum absolute atomic E-state index is 12.4. The van der Waals surface area contributed by atoms with E-state index in [9.17, 15) is 9.59 Å². The second-order valence-electron chi connectivity index (χ2n) is 5.05. The Labute approximate surface area is 138 Å². The van der Waals surface area contributed by atoms with Crippen molar-refractivity contribution < 1.29 is 14.3 Å². The number of hydrogen-bond donors (Lipinski definition) is 0. The van der Waals surface area contributed by atoms with Crippen molar-refractivity contribution in [2.75, 3.05) is 0 Å². The Balaban J connectivity index is 2.36. The summed E-state index contributed by atoms with van der Waals surface area (Å²) in [5.74, 6) is -0.223. The monoisotopic (exact) mass is 360 g/mol. The number of aryl methyl sites for hydroxylation is 1. The van der Waals surface area contributed by atoms with Gasteiger partial charge >= 0.3 is 5.97 Å².